The van der Waals surface area contributed by atoms with Crippen LogP contribution in [0.3, 0.4) is 0 Å². The fraction of sp³-hybridized carbons (Fsp3) is 0.400. The van der Waals surface area contributed by atoms with Gasteiger partial charge in [-0.2, -0.15) is 0 Å². The van der Waals surface area contributed by atoms with Crippen molar-refractivity contribution in [2.75, 3.05) is 12.5 Å². The number of halogens is 1. The van der Waals surface area contributed by atoms with Gasteiger partial charge in [-0.15, -0.1) is 11.6 Å². The standard InChI is InChI=1S/C10H10ClNO2S/c1-3-14-10(13)9-7(2)12-8(15-9)5-4-6-11/h3,6H2,1-2H3. The molecule has 1 aromatic heterocycles. The average molecular weight is 244 g/mol. The number of carbonyl (C=O) groups is 1. The molecule has 0 aliphatic rings. The van der Waals surface area contributed by atoms with Crippen LogP contribution >= 0.6 is 22.9 Å². The van der Waals surface area contributed by atoms with Crippen LogP contribution in [0.4, 0.5) is 0 Å². The molecule has 0 spiro atoms. The van der Waals surface area contributed by atoms with E-state index < -0.39 is 0 Å². The van der Waals surface area contributed by atoms with Gasteiger partial charge in [0.05, 0.1) is 18.2 Å². The summed E-state index contributed by atoms with van der Waals surface area (Å²) in [5.41, 5.74) is 0.650. The summed E-state index contributed by atoms with van der Waals surface area (Å²) in [6, 6.07) is 0. The van der Waals surface area contributed by atoms with Crippen molar-refractivity contribution in [3.8, 4) is 11.8 Å². The lowest BCUT2D eigenvalue weighted by Crippen LogP contribution is -2.03. The molecule has 1 rings (SSSR count). The summed E-state index contributed by atoms with van der Waals surface area (Å²) in [5, 5.41) is 0.594. The average Bonchev–Trinajstić information content (AvgIpc) is 2.57. The van der Waals surface area contributed by atoms with Crippen LogP contribution in [0.2, 0.25) is 0 Å². The fourth-order valence-corrected chi connectivity index (χ4v) is 1.85. The maximum Gasteiger partial charge on any atom is 0.350 e. The Labute approximate surface area is 97.4 Å². The molecular weight excluding hydrogens is 234 g/mol. The van der Waals surface area contributed by atoms with Crippen LogP contribution in [0.25, 0.3) is 0 Å². The first-order valence-electron chi connectivity index (χ1n) is 4.38. The molecule has 0 saturated carbocycles. The van der Waals surface area contributed by atoms with E-state index in [0.29, 0.717) is 22.2 Å². The number of hydrogen-bond acceptors (Lipinski definition) is 4. The number of thiazole rings is 1. The molecule has 0 amide bonds. The molecule has 80 valence electrons. The van der Waals surface area contributed by atoms with E-state index in [1.165, 1.54) is 11.3 Å². The Hall–Kier alpha value is -1.05. The minimum absolute atomic E-state index is 0.257. The second kappa shape index (κ2) is 5.74. The zero-order valence-corrected chi connectivity index (χ0v) is 10.0. The zero-order chi connectivity index (χ0) is 11.3. The molecule has 0 unspecified atom stereocenters. The second-order valence-electron chi connectivity index (χ2n) is 2.59. The smallest absolute Gasteiger partial charge is 0.350 e. The molecule has 0 saturated heterocycles. The van der Waals surface area contributed by atoms with Crippen molar-refractivity contribution in [3.05, 3.63) is 15.6 Å². The number of aryl methyl sites for hydroxylation is 1. The topological polar surface area (TPSA) is 39.2 Å². The molecule has 0 atom stereocenters. The van der Waals surface area contributed by atoms with E-state index in [9.17, 15) is 4.79 Å². The van der Waals surface area contributed by atoms with Crippen molar-refractivity contribution in [1.29, 1.82) is 0 Å². The number of esters is 1. The van der Waals surface area contributed by atoms with E-state index in [2.05, 4.69) is 16.8 Å². The van der Waals surface area contributed by atoms with Gasteiger partial charge >= 0.3 is 5.97 Å². The van der Waals surface area contributed by atoms with Gasteiger partial charge in [-0.3, -0.25) is 0 Å². The van der Waals surface area contributed by atoms with Gasteiger partial charge in [0, 0.05) is 0 Å². The predicted molar refractivity (Wildman–Crippen MR) is 60.4 cm³/mol. The summed E-state index contributed by atoms with van der Waals surface area (Å²) >= 11 is 6.65. The zero-order valence-electron chi connectivity index (χ0n) is 8.46. The minimum Gasteiger partial charge on any atom is -0.462 e. The van der Waals surface area contributed by atoms with Crippen molar-refractivity contribution >= 4 is 28.9 Å². The van der Waals surface area contributed by atoms with E-state index in [1.54, 1.807) is 13.8 Å². The van der Waals surface area contributed by atoms with Gasteiger partial charge in [0.15, 0.2) is 5.01 Å². The highest BCUT2D eigenvalue weighted by molar-refractivity contribution is 7.14. The summed E-state index contributed by atoms with van der Waals surface area (Å²) in [4.78, 5) is 16.1. The molecule has 0 aliphatic heterocycles. The van der Waals surface area contributed by atoms with Gasteiger partial charge in [-0.25, -0.2) is 9.78 Å². The Morgan fingerprint density at radius 2 is 2.40 bits per heavy atom. The maximum absolute atomic E-state index is 11.4. The lowest BCUT2D eigenvalue weighted by Gasteiger charge is -1.97. The molecule has 0 radical (unpaired) electrons. The van der Waals surface area contributed by atoms with E-state index in [4.69, 9.17) is 16.3 Å². The largest absolute Gasteiger partial charge is 0.462 e. The maximum atomic E-state index is 11.4. The van der Waals surface area contributed by atoms with Gasteiger partial charge in [-0.05, 0) is 19.8 Å². The number of alkyl halides is 1. The third-order valence-corrected chi connectivity index (χ3v) is 2.71. The normalized spacial score (nSPS) is 9.27. The highest BCUT2D eigenvalue weighted by Gasteiger charge is 2.15. The molecule has 0 fully saturated rings. The first-order valence-corrected chi connectivity index (χ1v) is 5.73. The monoisotopic (exact) mass is 243 g/mol. The fourth-order valence-electron chi connectivity index (χ4n) is 0.945. The lowest BCUT2D eigenvalue weighted by molar-refractivity contribution is 0.0531. The van der Waals surface area contributed by atoms with Crippen molar-refractivity contribution < 1.29 is 9.53 Å². The van der Waals surface area contributed by atoms with Crippen LogP contribution in [0.1, 0.15) is 27.3 Å². The third-order valence-electron chi connectivity index (χ3n) is 1.52. The summed E-state index contributed by atoms with van der Waals surface area (Å²) in [5.74, 6) is 5.37. The number of aromatic nitrogens is 1. The van der Waals surface area contributed by atoms with E-state index in [-0.39, 0.29) is 11.8 Å². The summed E-state index contributed by atoms with van der Waals surface area (Å²) in [6.07, 6.45) is 0. The quantitative estimate of drug-likeness (QED) is 0.454. The van der Waals surface area contributed by atoms with Crippen LogP contribution in [0.5, 0.6) is 0 Å². The molecule has 0 aromatic carbocycles. The Kier molecular flexibility index (Phi) is 4.60. The van der Waals surface area contributed by atoms with Crippen LogP contribution < -0.4 is 0 Å². The lowest BCUT2D eigenvalue weighted by atomic mass is 10.4. The van der Waals surface area contributed by atoms with Crippen molar-refractivity contribution in [2.45, 2.75) is 13.8 Å². The van der Waals surface area contributed by atoms with Gasteiger partial charge in [0.25, 0.3) is 0 Å². The molecular formula is C10H10ClNO2S. The van der Waals surface area contributed by atoms with Gasteiger partial charge in [-0.1, -0.05) is 17.3 Å². The van der Waals surface area contributed by atoms with Crippen molar-refractivity contribution in [3.63, 3.8) is 0 Å². The predicted octanol–water partition coefficient (Wildman–Crippen LogP) is 2.22. The van der Waals surface area contributed by atoms with E-state index in [0.717, 1.165) is 0 Å². The SMILES string of the molecule is CCOC(=O)c1sc(C#CCCl)nc1C. The number of carbonyl (C=O) groups excluding carboxylic acids is 1. The van der Waals surface area contributed by atoms with Crippen LogP contribution in [0, 0.1) is 18.8 Å². The van der Waals surface area contributed by atoms with E-state index >= 15 is 0 Å². The number of nitrogens with zero attached hydrogens (tertiary/aromatic N) is 1. The first kappa shape index (κ1) is 12.0. The Morgan fingerprint density at radius 3 is 3.00 bits per heavy atom. The van der Waals surface area contributed by atoms with Crippen molar-refractivity contribution in [2.24, 2.45) is 0 Å². The molecule has 15 heavy (non-hydrogen) atoms. The molecule has 3 nitrogen and oxygen atoms in total. The van der Waals surface area contributed by atoms with Crippen LogP contribution in [0.15, 0.2) is 0 Å². The summed E-state index contributed by atoms with van der Waals surface area (Å²) < 4.78 is 4.88. The highest BCUT2D eigenvalue weighted by Crippen LogP contribution is 2.18. The van der Waals surface area contributed by atoms with E-state index in [1.807, 2.05) is 0 Å². The Balaban J connectivity index is 2.91. The Bertz CT molecular complexity index is 417. The molecule has 5 heteroatoms. The molecule has 0 aliphatic carbocycles. The number of hydrogen-bond donors (Lipinski definition) is 0. The molecule has 0 N–H and O–H groups in total. The molecule has 1 aromatic rings. The van der Waals surface area contributed by atoms with Crippen molar-refractivity contribution in [1.82, 2.24) is 4.98 Å². The third kappa shape index (κ3) is 3.22. The Morgan fingerprint density at radius 1 is 1.67 bits per heavy atom. The minimum atomic E-state index is -0.341. The molecule has 1 heterocycles. The highest BCUT2D eigenvalue weighted by atomic mass is 35.5. The van der Waals surface area contributed by atoms with Crippen LogP contribution in [-0.2, 0) is 4.74 Å². The second-order valence-corrected chi connectivity index (χ2v) is 3.86. The summed E-state index contributed by atoms with van der Waals surface area (Å²) in [6.45, 7) is 3.88. The van der Waals surface area contributed by atoms with Gasteiger partial charge in [0.2, 0.25) is 0 Å². The van der Waals surface area contributed by atoms with Crippen LogP contribution in [-0.4, -0.2) is 23.4 Å². The van der Waals surface area contributed by atoms with Gasteiger partial charge in [0.1, 0.15) is 4.88 Å². The van der Waals surface area contributed by atoms with Gasteiger partial charge < -0.3 is 4.74 Å². The summed E-state index contributed by atoms with van der Waals surface area (Å²) in [7, 11) is 0. The molecule has 0 bridgehead atoms. The number of ether oxygens (including phenoxy) is 1. The first-order chi connectivity index (χ1) is 7.19. The number of rotatable bonds is 2.